The maximum absolute atomic E-state index is 13.8. The van der Waals surface area contributed by atoms with Crippen molar-refractivity contribution in [3.05, 3.63) is 92.7 Å². The Balaban J connectivity index is 1.64. The molecule has 0 fully saturated rings. The van der Waals surface area contributed by atoms with E-state index in [0.717, 1.165) is 4.47 Å². The van der Waals surface area contributed by atoms with Crippen molar-refractivity contribution in [1.29, 1.82) is 0 Å². The molecule has 8 nitrogen and oxygen atoms in total. The molecule has 0 spiro atoms. The van der Waals surface area contributed by atoms with Crippen LogP contribution in [0.4, 0.5) is 10.1 Å². The van der Waals surface area contributed by atoms with E-state index >= 15 is 0 Å². The van der Waals surface area contributed by atoms with E-state index < -0.39 is 18.3 Å². The summed E-state index contributed by atoms with van der Waals surface area (Å²) < 4.78 is 27.0. The highest BCUT2D eigenvalue weighted by molar-refractivity contribution is 9.10. The monoisotopic (exact) mass is 552 g/mol. The quantitative estimate of drug-likeness (QED) is 0.318. The zero-order valence-electron chi connectivity index (χ0n) is 19.5. The Morgan fingerprint density at radius 2 is 2.00 bits per heavy atom. The molecule has 0 atom stereocenters. The molecule has 0 saturated carbocycles. The highest BCUT2D eigenvalue weighted by atomic mass is 79.9. The number of nitrogens with one attached hydrogen (secondary N) is 1. The number of halogens is 2. The second-order valence-corrected chi connectivity index (χ2v) is 8.52. The lowest BCUT2D eigenvalue weighted by atomic mass is 10.2. The first-order chi connectivity index (χ1) is 17.4. The summed E-state index contributed by atoms with van der Waals surface area (Å²) in [6.07, 6.45) is 1.93. The molecular formula is C26H22BrFN4O4. The van der Waals surface area contributed by atoms with Crippen LogP contribution in [0.1, 0.15) is 18.3 Å². The summed E-state index contributed by atoms with van der Waals surface area (Å²) in [6.45, 7) is 1.48. The van der Waals surface area contributed by atoms with E-state index in [1.807, 2.05) is 13.0 Å². The molecule has 0 unspecified atom stereocenters. The molecule has 1 aromatic heterocycles. The summed E-state index contributed by atoms with van der Waals surface area (Å²) in [6, 6.07) is 16.2. The molecular weight excluding hydrogens is 531 g/mol. The van der Waals surface area contributed by atoms with Crippen LogP contribution in [0.2, 0.25) is 0 Å². The van der Waals surface area contributed by atoms with Crippen LogP contribution in [0.3, 0.4) is 0 Å². The van der Waals surface area contributed by atoms with Gasteiger partial charge < -0.3 is 14.8 Å². The van der Waals surface area contributed by atoms with Crippen LogP contribution in [-0.2, 0) is 11.2 Å². The Morgan fingerprint density at radius 3 is 2.75 bits per heavy atom. The number of aromatic nitrogens is 2. The second kappa shape index (κ2) is 11.1. The number of hydrogen-bond acceptors (Lipinski definition) is 6. The number of benzene rings is 3. The van der Waals surface area contributed by atoms with Crippen molar-refractivity contribution in [3.63, 3.8) is 0 Å². The molecule has 0 saturated heterocycles. The third-order valence-corrected chi connectivity index (χ3v) is 5.72. The molecule has 4 rings (SSSR count). The van der Waals surface area contributed by atoms with Crippen molar-refractivity contribution in [1.82, 2.24) is 9.66 Å². The van der Waals surface area contributed by atoms with Gasteiger partial charge in [-0.05, 0) is 42.5 Å². The first-order valence-electron chi connectivity index (χ1n) is 11.0. The average Bonchev–Trinajstić information content (AvgIpc) is 2.88. The van der Waals surface area contributed by atoms with Crippen LogP contribution in [0.15, 0.2) is 75.0 Å². The third kappa shape index (κ3) is 5.44. The number of para-hydroxylation sites is 2. The van der Waals surface area contributed by atoms with E-state index in [9.17, 15) is 14.0 Å². The first kappa shape index (κ1) is 25.1. The molecule has 4 aromatic rings. The first-order valence-corrected chi connectivity index (χ1v) is 11.8. The van der Waals surface area contributed by atoms with Crippen LogP contribution < -0.4 is 20.3 Å². The van der Waals surface area contributed by atoms with Gasteiger partial charge in [-0.25, -0.2) is 9.37 Å². The summed E-state index contributed by atoms with van der Waals surface area (Å²) in [5, 5.41) is 7.28. The Hall–Kier alpha value is -4.05. The van der Waals surface area contributed by atoms with Crippen molar-refractivity contribution >= 4 is 44.6 Å². The van der Waals surface area contributed by atoms with E-state index in [-0.39, 0.29) is 17.0 Å². The molecule has 3 aromatic carbocycles. The molecule has 0 aliphatic carbocycles. The van der Waals surface area contributed by atoms with Gasteiger partial charge in [-0.3, -0.25) is 9.59 Å². The van der Waals surface area contributed by atoms with E-state index in [0.29, 0.717) is 34.5 Å². The van der Waals surface area contributed by atoms with Crippen LogP contribution in [0, 0.1) is 5.82 Å². The van der Waals surface area contributed by atoms with E-state index in [1.165, 1.54) is 36.2 Å². The van der Waals surface area contributed by atoms with Crippen LogP contribution in [-0.4, -0.2) is 35.5 Å². The van der Waals surface area contributed by atoms with Gasteiger partial charge in [0.15, 0.2) is 18.1 Å². The highest BCUT2D eigenvalue weighted by Gasteiger charge is 2.14. The number of carbonyl (C=O) groups is 1. The van der Waals surface area contributed by atoms with Gasteiger partial charge in [0.25, 0.3) is 11.5 Å². The molecule has 1 heterocycles. The molecule has 0 aliphatic heterocycles. The number of ether oxygens (including phenoxy) is 2. The summed E-state index contributed by atoms with van der Waals surface area (Å²) in [4.78, 5) is 30.1. The zero-order chi connectivity index (χ0) is 25.7. The van der Waals surface area contributed by atoms with E-state index in [1.54, 1.807) is 36.4 Å². The van der Waals surface area contributed by atoms with Gasteiger partial charge in [0.05, 0.1) is 29.9 Å². The molecule has 1 amide bonds. The number of anilines is 1. The predicted octanol–water partition coefficient (Wildman–Crippen LogP) is 4.77. The van der Waals surface area contributed by atoms with Gasteiger partial charge in [0.1, 0.15) is 11.6 Å². The number of amides is 1. The van der Waals surface area contributed by atoms with E-state index in [2.05, 4.69) is 31.3 Å². The summed E-state index contributed by atoms with van der Waals surface area (Å²) in [5.41, 5.74) is 0.785. The lowest BCUT2D eigenvalue weighted by Crippen LogP contribution is -2.22. The number of methoxy groups -OCH3 is 1. The number of carbonyl (C=O) groups excluding carboxylic acids is 1. The fourth-order valence-corrected chi connectivity index (χ4v) is 3.86. The molecule has 0 bridgehead atoms. The molecule has 0 aliphatic rings. The standard InChI is InChI=1S/C26H22BrFN4O4/c1-3-23-30-20-12-11-17(27)13-18(20)26(34)32(23)29-14-16-7-6-10-22(35-2)25(16)36-15-24(33)31-21-9-5-4-8-19(21)28/h4-14H,3,15H2,1-2H3,(H,31,33). The number of nitrogens with zero attached hydrogens (tertiary/aromatic N) is 3. The summed E-state index contributed by atoms with van der Waals surface area (Å²) in [5.74, 6) is -0.0103. The fraction of sp³-hybridized carbons (Fsp3) is 0.154. The number of hydrogen-bond donors (Lipinski definition) is 1. The molecule has 184 valence electrons. The van der Waals surface area contributed by atoms with Gasteiger partial charge in [-0.2, -0.15) is 9.78 Å². The van der Waals surface area contributed by atoms with Crippen LogP contribution in [0.5, 0.6) is 11.5 Å². The maximum atomic E-state index is 13.8. The molecule has 0 radical (unpaired) electrons. The zero-order valence-corrected chi connectivity index (χ0v) is 21.1. The fourth-order valence-electron chi connectivity index (χ4n) is 3.50. The lowest BCUT2D eigenvalue weighted by Gasteiger charge is -2.13. The van der Waals surface area contributed by atoms with Gasteiger partial charge in [-0.15, -0.1) is 0 Å². The van der Waals surface area contributed by atoms with Crippen molar-refractivity contribution in [3.8, 4) is 11.5 Å². The van der Waals surface area contributed by atoms with Gasteiger partial charge in [0.2, 0.25) is 0 Å². The molecule has 1 N–H and O–H groups in total. The van der Waals surface area contributed by atoms with Crippen molar-refractivity contribution in [2.45, 2.75) is 13.3 Å². The Labute approximate surface area is 214 Å². The topological polar surface area (TPSA) is 94.8 Å². The molecule has 10 heteroatoms. The molecule has 36 heavy (non-hydrogen) atoms. The smallest absolute Gasteiger partial charge is 0.282 e. The predicted molar refractivity (Wildman–Crippen MR) is 140 cm³/mol. The van der Waals surface area contributed by atoms with Crippen LogP contribution >= 0.6 is 15.9 Å². The third-order valence-electron chi connectivity index (χ3n) is 5.23. The normalized spacial score (nSPS) is 11.1. The Morgan fingerprint density at radius 1 is 1.19 bits per heavy atom. The van der Waals surface area contributed by atoms with E-state index in [4.69, 9.17) is 9.47 Å². The number of rotatable bonds is 8. The van der Waals surface area contributed by atoms with Crippen molar-refractivity contribution in [2.24, 2.45) is 5.10 Å². The Bertz CT molecular complexity index is 1520. The minimum absolute atomic E-state index is 0.0508. The Kier molecular flexibility index (Phi) is 7.74. The van der Waals surface area contributed by atoms with Crippen molar-refractivity contribution in [2.75, 3.05) is 19.0 Å². The van der Waals surface area contributed by atoms with Crippen LogP contribution in [0.25, 0.3) is 10.9 Å². The summed E-state index contributed by atoms with van der Waals surface area (Å²) >= 11 is 3.38. The van der Waals surface area contributed by atoms with Gasteiger partial charge in [-0.1, -0.05) is 41.1 Å². The number of aryl methyl sites for hydroxylation is 1. The maximum Gasteiger partial charge on any atom is 0.282 e. The average molecular weight is 553 g/mol. The number of fused-ring (bicyclic) bond motifs is 1. The van der Waals surface area contributed by atoms with Gasteiger partial charge in [0, 0.05) is 16.5 Å². The lowest BCUT2D eigenvalue weighted by molar-refractivity contribution is -0.118. The minimum Gasteiger partial charge on any atom is -0.493 e. The largest absolute Gasteiger partial charge is 0.493 e. The van der Waals surface area contributed by atoms with Crippen molar-refractivity contribution < 1.29 is 18.7 Å². The minimum atomic E-state index is -0.553. The second-order valence-electron chi connectivity index (χ2n) is 7.60. The highest BCUT2D eigenvalue weighted by Crippen LogP contribution is 2.30. The van der Waals surface area contributed by atoms with Gasteiger partial charge >= 0.3 is 0 Å². The summed E-state index contributed by atoms with van der Waals surface area (Å²) in [7, 11) is 1.47. The SMILES string of the molecule is CCc1nc2ccc(Br)cc2c(=O)n1N=Cc1cccc(OC)c1OCC(=O)Nc1ccccc1F.